The summed E-state index contributed by atoms with van der Waals surface area (Å²) in [7, 11) is 7.20. The molecule has 44 heteroatoms. The molecule has 0 unspecified atom stereocenters. The number of hydrogen-bond donors (Lipinski definition) is 3. The zero-order valence-electron chi connectivity index (χ0n) is 69.1. The Morgan fingerprint density at radius 1 is 0.433 bits per heavy atom. The van der Waals surface area contributed by atoms with E-state index in [0.29, 0.717) is 101 Å². The average molecular weight is 1950 g/mol. The molecule has 30 nitrogen and oxygen atoms in total. The molecule has 0 aliphatic heterocycles. The van der Waals surface area contributed by atoms with Crippen molar-refractivity contribution in [3.05, 3.63) is 259 Å². The summed E-state index contributed by atoms with van der Waals surface area (Å²) < 4.78 is 134. The van der Waals surface area contributed by atoms with Gasteiger partial charge >= 0.3 is 36.7 Å². The minimum atomic E-state index is -3.79. The van der Waals surface area contributed by atoms with Crippen LogP contribution in [0.4, 0.5) is 22.0 Å². The number of H-pyrrole nitrogens is 1. The number of sulfone groups is 1. The Morgan fingerprint density at radius 2 is 0.787 bits per heavy atom. The van der Waals surface area contributed by atoms with Crippen molar-refractivity contribution in [2.24, 2.45) is 0 Å². The van der Waals surface area contributed by atoms with E-state index >= 15 is 0 Å². The topological polar surface area (TPSA) is 380 Å². The summed E-state index contributed by atoms with van der Waals surface area (Å²) in [5.41, 5.74) is 6.31. The molecule has 0 radical (unpaired) electrons. The molecule has 127 heavy (non-hydrogen) atoms. The maximum absolute atomic E-state index is 13.8. The summed E-state index contributed by atoms with van der Waals surface area (Å²) in [4.78, 5) is 83.8. The van der Waals surface area contributed by atoms with Crippen LogP contribution in [0.25, 0.3) is 45.0 Å². The molecule has 0 aliphatic rings. The van der Waals surface area contributed by atoms with Crippen LogP contribution in [-0.2, 0) is 28.3 Å². The van der Waals surface area contributed by atoms with Crippen LogP contribution in [0.2, 0.25) is 5.15 Å². The molecule has 0 atom stereocenters. The van der Waals surface area contributed by atoms with Gasteiger partial charge in [0.1, 0.15) is 5.15 Å². The fraction of sp³-hybridized carbons (Fsp3) is 0.241. The minimum absolute atomic E-state index is 0. The van der Waals surface area contributed by atoms with Crippen LogP contribution in [0, 0.1) is 29.7 Å². The third kappa shape index (κ3) is 35.5. The number of aromatic nitrogens is 15. The largest absolute Gasteiger partial charge is 1.00 e. The van der Waals surface area contributed by atoms with Crippen molar-refractivity contribution in [2.45, 2.75) is 73.9 Å². The number of hydrogen-bond acceptors (Lipinski definition) is 31. The summed E-state index contributed by atoms with van der Waals surface area (Å²) in [5.74, 6) is 1.46. The van der Waals surface area contributed by atoms with E-state index in [0.717, 1.165) is 51.9 Å². The first-order valence-corrected chi connectivity index (χ1v) is 43.1. The number of halogens is 7. The number of ether oxygens (including phenoxy) is 8. The third-order valence-corrected chi connectivity index (χ3v) is 19.6. The Labute approximate surface area is 786 Å². The Hall–Kier alpha value is -10.6. The number of alkyl halides is 1. The molecule has 674 valence electrons. The number of thioether (sulfide) groups is 4. The van der Waals surface area contributed by atoms with Crippen molar-refractivity contribution >= 4 is 97.0 Å². The second-order valence-corrected chi connectivity index (χ2v) is 29.8. The zero-order chi connectivity index (χ0) is 89.2. The van der Waals surface area contributed by atoms with Crippen molar-refractivity contribution in [3.8, 4) is 91.3 Å². The first kappa shape index (κ1) is 112. The zero-order valence-corrected chi connectivity index (χ0v) is 76.5. The van der Waals surface area contributed by atoms with E-state index in [4.69, 9.17) is 59.5 Å². The average Bonchev–Trinajstić information content (AvgIpc) is 0.806. The molecule has 10 heterocycles. The van der Waals surface area contributed by atoms with Gasteiger partial charge in [-0.05, 0) is 108 Å². The van der Waals surface area contributed by atoms with E-state index in [1.807, 2.05) is 30.3 Å². The molecule has 0 saturated carbocycles. The predicted octanol–water partition coefficient (Wildman–Crippen LogP) is 12.3. The summed E-state index contributed by atoms with van der Waals surface area (Å²) in [6.07, 6.45) is 15.6. The van der Waals surface area contributed by atoms with E-state index in [-0.39, 0.29) is 94.8 Å². The molecule has 0 fully saturated rings. The first-order valence-electron chi connectivity index (χ1n) is 34.8. The van der Waals surface area contributed by atoms with Crippen molar-refractivity contribution in [2.75, 3.05) is 88.2 Å². The number of pyridine rings is 5. The SMILES string of the molecule is C.C.C.C.COc1ccc(-c2cc(F)nc(SC)n2)cn1.COc1ccc(B(O)O)cn1.COc1ccc(CBr)cc1OC.COc1ccc(Cn2cc(-c3cc(F)nc(S(C)(=O)=O)n3)ccc2=O)cc1OC.COc1ccc(Cn2cc(-c3cc(F)nc(SC)n3)ccc2=O)cc1OC.CSc1nc(F)cc(-c2ccc(=O)[nH]c2)n1.CSc1nc(F)cc(Cl)n1.[H-].[Na+]. The molecule has 0 saturated heterocycles. The monoisotopic (exact) mass is 1940 g/mol. The van der Waals surface area contributed by atoms with Gasteiger partial charge in [-0.3, -0.25) is 14.4 Å². The smallest absolute Gasteiger partial charge is 1.00 e. The number of methoxy groups -OCH3 is 8. The maximum Gasteiger partial charge on any atom is 1.00 e. The maximum atomic E-state index is 13.8. The molecule has 0 bridgehead atoms. The van der Waals surface area contributed by atoms with Crippen molar-refractivity contribution in [1.29, 1.82) is 0 Å². The summed E-state index contributed by atoms with van der Waals surface area (Å²) in [5, 5.41) is 19.1. The number of nitrogens with one attached hydrogen (secondary N) is 1. The van der Waals surface area contributed by atoms with Crippen molar-refractivity contribution in [1.82, 2.24) is 73.9 Å². The Balaban J connectivity index is 0.000000766. The molecule has 13 aromatic rings. The fourth-order valence-electron chi connectivity index (χ4n) is 9.90. The first-order chi connectivity index (χ1) is 58.4. The normalized spacial score (nSPS) is 10.0. The number of rotatable bonds is 23. The van der Waals surface area contributed by atoms with Gasteiger partial charge < -0.3 is 63.5 Å². The van der Waals surface area contributed by atoms with Gasteiger partial charge in [-0.1, -0.05) is 129 Å². The van der Waals surface area contributed by atoms with Gasteiger partial charge in [-0.25, -0.2) is 43.3 Å². The molecule has 0 amide bonds. The van der Waals surface area contributed by atoms with Gasteiger partial charge in [-0.2, -0.15) is 46.9 Å². The van der Waals surface area contributed by atoms with Crippen molar-refractivity contribution in [3.63, 3.8) is 0 Å². The van der Waals surface area contributed by atoms with Gasteiger partial charge in [0.15, 0.2) is 55.1 Å². The number of aromatic amines is 1. The Kier molecular flexibility index (Phi) is 50.1. The van der Waals surface area contributed by atoms with Crippen LogP contribution in [0.15, 0.2) is 217 Å². The van der Waals surface area contributed by atoms with E-state index in [9.17, 15) is 44.8 Å². The second kappa shape index (κ2) is 56.5. The number of benzene rings is 3. The van der Waals surface area contributed by atoms with Crippen LogP contribution in [0.1, 0.15) is 47.8 Å². The van der Waals surface area contributed by atoms with Crippen LogP contribution in [0.3, 0.4) is 0 Å². The molecule has 3 aromatic carbocycles. The second-order valence-electron chi connectivity index (χ2n) is 23.8. The molecule has 13 rings (SSSR count). The Morgan fingerprint density at radius 3 is 1.13 bits per heavy atom. The predicted molar refractivity (Wildman–Crippen MR) is 489 cm³/mol. The van der Waals surface area contributed by atoms with E-state index < -0.39 is 51.9 Å². The summed E-state index contributed by atoms with van der Waals surface area (Å²) >= 11 is 13.9. The Bertz CT molecular complexity index is 5940. The minimum Gasteiger partial charge on any atom is -1.00 e. The summed E-state index contributed by atoms with van der Waals surface area (Å²) in [6, 6.07) is 37.7. The van der Waals surface area contributed by atoms with Gasteiger partial charge in [0.2, 0.25) is 62.1 Å². The van der Waals surface area contributed by atoms with E-state index in [1.54, 1.807) is 120 Å². The standard InChI is InChI=1S/C19H18FN3O5S.C19H18FN3O3S.C11H10FN3OS.C10H8FN3OS.C9H11BrO2.C6H8BNO3.C5H4ClFN2S.4CH4.Na.H/c1-27-15-6-4-12(8-16(15)28-2)10-23-11-13(5-7-18(23)24)14-9-17(20)22-19(21-14)29(3,25)26;1-25-15-6-4-12(8-16(15)26-2)10-23-11-13(5-7-18(23)24)14-9-17(20)22-19(21-14)27-3;1-16-10-4-3-7(6-13-10)8-5-9(12)15-11(14-8)17-2;1-16-10-13-7(4-8(11)14-10)6-2-3-9(15)12-5-6;1-11-8-4-3-7(6-10)5-9(8)12-2;1-11-6-3-2-5(4-8-6)7(9)10;1-10-5-8-3(6)2-4(7)9-5;;;;;;/h4-9,11H,10H2,1-3H3;4-9,11H,10H2,1-3H3;3-6H,1-2H3;2-5H,1H3,(H,12,15);3-5H,6H2,1-2H3;2-4,9-10H,1H3;2H,1H3;4*1H4;;/q;;;;;;;;;;;+1;-1. The van der Waals surface area contributed by atoms with Gasteiger partial charge in [0.25, 0.3) is 11.1 Å². The van der Waals surface area contributed by atoms with Gasteiger partial charge in [0, 0.05) is 125 Å². The molecule has 0 aliphatic carbocycles. The van der Waals surface area contributed by atoms with Crippen LogP contribution < -0.4 is 89.6 Å². The molecular formula is C83H94BBrClF5N15NaO15S5. The van der Waals surface area contributed by atoms with Crippen LogP contribution in [0.5, 0.6) is 46.3 Å². The molecular weight excluding hydrogens is 1850 g/mol. The summed E-state index contributed by atoms with van der Waals surface area (Å²) in [6.45, 7) is 0.537. The van der Waals surface area contributed by atoms with Crippen LogP contribution >= 0.6 is 74.6 Å². The van der Waals surface area contributed by atoms with E-state index in [1.165, 1.54) is 157 Å². The molecule has 3 N–H and O–H groups in total. The quantitative estimate of drug-likeness (QED) is 0.0134. The van der Waals surface area contributed by atoms with Crippen LogP contribution in [-0.4, -0.2) is 188 Å². The number of nitrogens with zero attached hydrogens (tertiary/aromatic N) is 14. The third-order valence-electron chi connectivity index (χ3n) is 15.8. The fourth-order valence-corrected chi connectivity index (χ4v) is 12.5. The van der Waals surface area contributed by atoms with Gasteiger partial charge in [0.05, 0.1) is 92.7 Å². The molecule has 10 aromatic heterocycles. The van der Waals surface area contributed by atoms with Crippen molar-refractivity contribution < 1.29 is 109 Å². The van der Waals surface area contributed by atoms with E-state index in [2.05, 4.69) is 80.7 Å². The molecule has 0 spiro atoms. The van der Waals surface area contributed by atoms with Gasteiger partial charge in [-0.15, -0.1) is 0 Å².